The minimum Gasteiger partial charge on any atom is -0.351 e. The topological polar surface area (TPSA) is 52.9 Å². The zero-order chi connectivity index (χ0) is 10.4. The number of carbonyl (C=O) groups excluding carboxylic acids is 1. The van der Waals surface area contributed by atoms with E-state index in [1.807, 2.05) is 31.2 Å². The molecule has 14 heavy (non-hydrogen) atoms. The van der Waals surface area contributed by atoms with Gasteiger partial charge in [-0.3, -0.25) is 4.79 Å². The van der Waals surface area contributed by atoms with Gasteiger partial charge in [0.05, 0.1) is 6.07 Å². The first-order chi connectivity index (χ1) is 6.72. The summed E-state index contributed by atoms with van der Waals surface area (Å²) in [4.78, 5) is 10.9. The Labute approximate surface area is 83.4 Å². The average molecular weight is 188 g/mol. The van der Waals surface area contributed by atoms with Gasteiger partial charge in [-0.05, 0) is 12.5 Å². The summed E-state index contributed by atoms with van der Waals surface area (Å²) in [6, 6.07) is 9.71. The number of nitrogens with zero attached hydrogens (tertiary/aromatic N) is 1. The Morgan fingerprint density at radius 2 is 2.07 bits per heavy atom. The molecule has 0 heterocycles. The van der Waals surface area contributed by atoms with E-state index in [0.717, 1.165) is 5.56 Å². The van der Waals surface area contributed by atoms with Crippen LogP contribution < -0.4 is 5.32 Å². The van der Waals surface area contributed by atoms with E-state index in [1.54, 1.807) is 6.07 Å². The molecule has 1 aromatic rings. The fourth-order valence-corrected chi connectivity index (χ4v) is 1.04. The third-order valence-electron chi connectivity index (χ3n) is 1.85. The molecule has 0 saturated carbocycles. The number of nitrogens with one attached hydrogen (secondary N) is 1. The zero-order valence-corrected chi connectivity index (χ0v) is 8.08. The van der Waals surface area contributed by atoms with Crippen LogP contribution in [0.1, 0.15) is 17.5 Å². The lowest BCUT2D eigenvalue weighted by Gasteiger charge is -2.02. The lowest BCUT2D eigenvalue weighted by molar-refractivity contribution is -0.120. The van der Waals surface area contributed by atoms with Crippen molar-refractivity contribution < 1.29 is 4.79 Å². The highest BCUT2D eigenvalue weighted by atomic mass is 16.1. The molecular weight excluding hydrogens is 176 g/mol. The average Bonchev–Trinajstić information content (AvgIpc) is 2.17. The molecule has 0 radical (unpaired) electrons. The largest absolute Gasteiger partial charge is 0.351 e. The minimum absolute atomic E-state index is 0.0775. The van der Waals surface area contributed by atoms with Gasteiger partial charge >= 0.3 is 0 Å². The van der Waals surface area contributed by atoms with E-state index in [1.165, 1.54) is 5.56 Å². The van der Waals surface area contributed by atoms with Gasteiger partial charge in [0.2, 0.25) is 5.91 Å². The highest BCUT2D eigenvalue weighted by molar-refractivity contribution is 5.77. The Morgan fingerprint density at radius 1 is 1.43 bits per heavy atom. The molecule has 1 rings (SSSR count). The molecule has 1 aromatic carbocycles. The number of benzene rings is 1. The molecule has 1 N–H and O–H groups in total. The maximum atomic E-state index is 10.9. The van der Waals surface area contributed by atoms with Gasteiger partial charge in [-0.15, -0.1) is 0 Å². The van der Waals surface area contributed by atoms with E-state index in [-0.39, 0.29) is 12.3 Å². The Kier molecular flexibility index (Phi) is 3.69. The molecule has 72 valence electrons. The first-order valence-corrected chi connectivity index (χ1v) is 4.41. The van der Waals surface area contributed by atoms with Gasteiger partial charge in [0.1, 0.15) is 6.42 Å². The molecule has 0 spiro atoms. The number of amides is 1. The molecule has 1 amide bonds. The van der Waals surface area contributed by atoms with E-state index < -0.39 is 0 Å². The summed E-state index contributed by atoms with van der Waals surface area (Å²) in [6.07, 6.45) is -0.0775. The number of rotatable bonds is 3. The standard InChI is InChI=1S/C11H12N2O/c1-9-2-4-10(5-3-9)8-13-11(14)6-7-12/h2-5H,6,8H2,1H3,(H,13,14). The SMILES string of the molecule is Cc1ccc(CNC(=O)CC#N)cc1. The molecule has 3 heteroatoms. The molecule has 0 aromatic heterocycles. The van der Waals surface area contributed by atoms with Gasteiger partial charge in [-0.2, -0.15) is 5.26 Å². The second-order valence-electron chi connectivity index (χ2n) is 3.10. The van der Waals surface area contributed by atoms with Crippen LogP contribution in [-0.4, -0.2) is 5.91 Å². The van der Waals surface area contributed by atoms with Crippen LogP contribution in [-0.2, 0) is 11.3 Å². The molecule has 0 bridgehead atoms. The lowest BCUT2D eigenvalue weighted by atomic mass is 10.1. The van der Waals surface area contributed by atoms with Crippen molar-refractivity contribution in [1.82, 2.24) is 5.32 Å². The molecule has 0 fully saturated rings. The maximum absolute atomic E-state index is 10.9. The van der Waals surface area contributed by atoms with Crippen molar-refractivity contribution in [2.45, 2.75) is 19.9 Å². The highest BCUT2D eigenvalue weighted by Gasteiger charge is 1.98. The van der Waals surface area contributed by atoms with E-state index in [0.29, 0.717) is 6.54 Å². The fraction of sp³-hybridized carbons (Fsp3) is 0.273. The maximum Gasteiger partial charge on any atom is 0.234 e. The van der Waals surface area contributed by atoms with Crippen molar-refractivity contribution >= 4 is 5.91 Å². The van der Waals surface area contributed by atoms with Gasteiger partial charge in [-0.25, -0.2) is 0 Å². The summed E-state index contributed by atoms with van der Waals surface area (Å²) in [6.45, 7) is 2.50. The Morgan fingerprint density at radius 3 is 2.64 bits per heavy atom. The molecule has 3 nitrogen and oxygen atoms in total. The quantitative estimate of drug-likeness (QED) is 0.782. The van der Waals surface area contributed by atoms with E-state index in [4.69, 9.17) is 5.26 Å². The van der Waals surface area contributed by atoms with E-state index >= 15 is 0 Å². The van der Waals surface area contributed by atoms with Crippen molar-refractivity contribution in [2.75, 3.05) is 0 Å². The predicted octanol–water partition coefficient (Wildman–Crippen LogP) is 1.52. The number of hydrogen-bond donors (Lipinski definition) is 1. The third-order valence-corrected chi connectivity index (χ3v) is 1.85. The fourth-order valence-electron chi connectivity index (χ4n) is 1.04. The van der Waals surface area contributed by atoms with Crippen LogP contribution in [0.3, 0.4) is 0 Å². The normalized spacial score (nSPS) is 9.14. The molecule has 0 atom stereocenters. The van der Waals surface area contributed by atoms with Crippen LogP contribution >= 0.6 is 0 Å². The summed E-state index contributed by atoms with van der Waals surface area (Å²) in [5.41, 5.74) is 2.24. The summed E-state index contributed by atoms with van der Waals surface area (Å²) < 4.78 is 0. The second-order valence-corrected chi connectivity index (χ2v) is 3.10. The first kappa shape index (κ1) is 10.3. The van der Waals surface area contributed by atoms with Gasteiger partial charge in [-0.1, -0.05) is 29.8 Å². The zero-order valence-electron chi connectivity index (χ0n) is 8.08. The molecule has 0 saturated heterocycles. The second kappa shape index (κ2) is 5.03. The van der Waals surface area contributed by atoms with Crippen LogP contribution in [0.4, 0.5) is 0 Å². The number of hydrogen-bond acceptors (Lipinski definition) is 2. The molecule has 0 unspecified atom stereocenters. The summed E-state index contributed by atoms with van der Waals surface area (Å²) >= 11 is 0. The summed E-state index contributed by atoms with van der Waals surface area (Å²) in [5, 5.41) is 10.9. The van der Waals surface area contributed by atoms with Crippen molar-refractivity contribution in [3.63, 3.8) is 0 Å². The van der Waals surface area contributed by atoms with Crippen LogP contribution in [0.2, 0.25) is 0 Å². The molecular formula is C11H12N2O. The monoisotopic (exact) mass is 188 g/mol. The van der Waals surface area contributed by atoms with Crippen LogP contribution in [0.5, 0.6) is 0 Å². The smallest absolute Gasteiger partial charge is 0.234 e. The number of carbonyl (C=O) groups is 1. The van der Waals surface area contributed by atoms with Gasteiger partial charge in [0, 0.05) is 6.54 Å². The number of nitriles is 1. The van der Waals surface area contributed by atoms with Gasteiger partial charge in [0.15, 0.2) is 0 Å². The minimum atomic E-state index is -0.229. The van der Waals surface area contributed by atoms with E-state index in [9.17, 15) is 4.79 Å². The van der Waals surface area contributed by atoms with Crippen LogP contribution in [0, 0.1) is 18.3 Å². The predicted molar refractivity (Wildman–Crippen MR) is 53.3 cm³/mol. The lowest BCUT2D eigenvalue weighted by Crippen LogP contribution is -2.21. The summed E-state index contributed by atoms with van der Waals surface area (Å²) in [5.74, 6) is -0.229. The molecule has 0 aliphatic carbocycles. The van der Waals surface area contributed by atoms with Crippen LogP contribution in [0.15, 0.2) is 24.3 Å². The van der Waals surface area contributed by atoms with E-state index in [2.05, 4.69) is 5.32 Å². The Balaban J connectivity index is 2.43. The third kappa shape index (κ3) is 3.28. The van der Waals surface area contributed by atoms with Crippen molar-refractivity contribution in [3.05, 3.63) is 35.4 Å². The van der Waals surface area contributed by atoms with Gasteiger partial charge < -0.3 is 5.32 Å². The van der Waals surface area contributed by atoms with Gasteiger partial charge in [0.25, 0.3) is 0 Å². The van der Waals surface area contributed by atoms with Crippen molar-refractivity contribution in [1.29, 1.82) is 5.26 Å². The molecule has 0 aliphatic heterocycles. The molecule has 0 aliphatic rings. The summed E-state index contributed by atoms with van der Waals surface area (Å²) in [7, 11) is 0. The number of aryl methyl sites for hydroxylation is 1. The Bertz CT molecular complexity index is 349. The van der Waals surface area contributed by atoms with Crippen LogP contribution in [0.25, 0.3) is 0 Å². The highest BCUT2D eigenvalue weighted by Crippen LogP contribution is 2.02. The Hall–Kier alpha value is -1.82. The van der Waals surface area contributed by atoms with Crippen molar-refractivity contribution in [2.24, 2.45) is 0 Å². The first-order valence-electron chi connectivity index (χ1n) is 4.41. The van der Waals surface area contributed by atoms with Crippen molar-refractivity contribution in [3.8, 4) is 6.07 Å².